The monoisotopic (exact) mass is 547 g/mol. The van der Waals surface area contributed by atoms with Crippen molar-refractivity contribution in [1.29, 1.82) is 0 Å². The number of nitrogens with one attached hydrogen (secondary N) is 2. The van der Waals surface area contributed by atoms with Gasteiger partial charge in [-0.15, -0.1) is 11.3 Å². The quantitative estimate of drug-likeness (QED) is 0.205. The molecule has 5 heterocycles. The number of ether oxygens (including phenoxy) is 1. The Morgan fingerprint density at radius 3 is 2.70 bits per heavy atom. The first-order valence-electron chi connectivity index (χ1n) is 13.7. The van der Waals surface area contributed by atoms with Crippen LogP contribution in [0.15, 0.2) is 60.9 Å². The Labute approximate surface area is 235 Å². The van der Waals surface area contributed by atoms with Crippen molar-refractivity contribution < 1.29 is 9.53 Å². The lowest BCUT2D eigenvalue weighted by Crippen LogP contribution is -2.19. The number of ketones is 1. The van der Waals surface area contributed by atoms with Gasteiger partial charge >= 0.3 is 0 Å². The fourth-order valence-corrected chi connectivity index (χ4v) is 6.56. The molecule has 2 N–H and O–H groups in total. The molecule has 0 unspecified atom stereocenters. The lowest BCUT2D eigenvalue weighted by molar-refractivity contribution is 0.102. The van der Waals surface area contributed by atoms with Crippen molar-refractivity contribution in [2.75, 3.05) is 0 Å². The van der Waals surface area contributed by atoms with Crippen molar-refractivity contribution in [3.05, 3.63) is 71.4 Å². The summed E-state index contributed by atoms with van der Waals surface area (Å²) in [5, 5.41) is 8.80. The molecule has 0 amide bonds. The molecule has 7 rings (SSSR count). The fraction of sp³-hybridized carbons (Fsp3) is 0.250. The predicted molar refractivity (Wildman–Crippen MR) is 160 cm³/mol. The zero-order valence-corrected chi connectivity index (χ0v) is 23.3. The number of fused-ring (bicyclic) bond motifs is 2. The van der Waals surface area contributed by atoms with Gasteiger partial charge in [0.15, 0.2) is 5.78 Å². The van der Waals surface area contributed by atoms with Gasteiger partial charge in [0.05, 0.1) is 39.6 Å². The van der Waals surface area contributed by atoms with E-state index in [1.807, 2.05) is 36.7 Å². The molecule has 0 bridgehead atoms. The van der Waals surface area contributed by atoms with E-state index in [0.717, 1.165) is 84.1 Å². The zero-order valence-electron chi connectivity index (χ0n) is 22.5. The summed E-state index contributed by atoms with van der Waals surface area (Å²) in [7, 11) is 0. The second-order valence-corrected chi connectivity index (χ2v) is 11.7. The fourth-order valence-electron chi connectivity index (χ4n) is 5.63. The standard InChI is InChI=1S/C32H29N5O2S/c1-18-12-20(14-22(13-18)39-21-6-4-3-5-7-21)25-8-9-26-31(35-25)32(37-36-26)27-15-23-24(16-33-17-28(23)34-27)30-11-10-29(40-30)19(2)38/h8-17,21,34H,3-7H2,1-2H3,(H,36,37). The molecule has 0 radical (unpaired) electrons. The Morgan fingerprint density at radius 1 is 1.00 bits per heavy atom. The van der Waals surface area contributed by atoms with Gasteiger partial charge in [-0.3, -0.25) is 14.9 Å². The number of hydrogen-bond donors (Lipinski definition) is 2. The van der Waals surface area contributed by atoms with Gasteiger partial charge in [0.2, 0.25) is 0 Å². The van der Waals surface area contributed by atoms with Crippen molar-refractivity contribution in [2.24, 2.45) is 0 Å². The number of hydrogen-bond acceptors (Lipinski definition) is 6. The first-order chi connectivity index (χ1) is 19.5. The van der Waals surface area contributed by atoms with Gasteiger partial charge in [-0.1, -0.05) is 6.42 Å². The van der Waals surface area contributed by atoms with Gasteiger partial charge in [-0.2, -0.15) is 5.10 Å². The van der Waals surface area contributed by atoms with E-state index in [4.69, 9.17) is 9.72 Å². The number of thiophene rings is 1. The van der Waals surface area contributed by atoms with Crippen LogP contribution < -0.4 is 4.74 Å². The maximum Gasteiger partial charge on any atom is 0.169 e. The van der Waals surface area contributed by atoms with Crippen LogP contribution in [-0.4, -0.2) is 37.0 Å². The number of H-pyrrole nitrogens is 2. The Morgan fingerprint density at radius 2 is 1.88 bits per heavy atom. The molecule has 7 nitrogen and oxygen atoms in total. The van der Waals surface area contributed by atoms with Crippen LogP contribution in [0.1, 0.15) is 54.3 Å². The summed E-state index contributed by atoms with van der Waals surface area (Å²) in [6, 6.07) is 16.4. The molecule has 0 atom stereocenters. The van der Waals surface area contributed by atoms with E-state index in [-0.39, 0.29) is 5.78 Å². The van der Waals surface area contributed by atoms with E-state index in [1.54, 1.807) is 6.92 Å². The maximum absolute atomic E-state index is 11.9. The molecule has 200 valence electrons. The number of nitrogens with zero attached hydrogens (tertiary/aromatic N) is 3. The number of carbonyl (C=O) groups excluding carboxylic acids is 1. The van der Waals surface area contributed by atoms with Crippen molar-refractivity contribution in [3.63, 3.8) is 0 Å². The van der Waals surface area contributed by atoms with Crippen LogP contribution in [0.5, 0.6) is 5.75 Å². The summed E-state index contributed by atoms with van der Waals surface area (Å²) >= 11 is 1.48. The molecular weight excluding hydrogens is 518 g/mol. The molecule has 1 fully saturated rings. The molecule has 1 aromatic carbocycles. The smallest absolute Gasteiger partial charge is 0.169 e. The van der Waals surface area contributed by atoms with Crippen LogP contribution in [-0.2, 0) is 0 Å². The highest BCUT2D eigenvalue weighted by Gasteiger charge is 2.18. The van der Waals surface area contributed by atoms with E-state index in [9.17, 15) is 4.79 Å². The van der Waals surface area contributed by atoms with E-state index in [2.05, 4.69) is 51.4 Å². The first-order valence-corrected chi connectivity index (χ1v) is 14.6. The van der Waals surface area contributed by atoms with Crippen molar-refractivity contribution in [2.45, 2.75) is 52.1 Å². The molecule has 40 heavy (non-hydrogen) atoms. The largest absolute Gasteiger partial charge is 0.490 e. The summed E-state index contributed by atoms with van der Waals surface area (Å²) < 4.78 is 6.38. The van der Waals surface area contributed by atoms with Gasteiger partial charge in [0.1, 0.15) is 17.0 Å². The lowest BCUT2D eigenvalue weighted by Gasteiger charge is -2.23. The summed E-state index contributed by atoms with van der Waals surface area (Å²) in [6.07, 6.45) is 9.99. The molecule has 0 spiro atoms. The minimum atomic E-state index is 0.0669. The number of aryl methyl sites for hydroxylation is 1. The lowest BCUT2D eigenvalue weighted by atomic mass is 9.97. The van der Waals surface area contributed by atoms with Crippen molar-refractivity contribution >= 4 is 39.1 Å². The second kappa shape index (κ2) is 10.0. The van der Waals surface area contributed by atoms with E-state index >= 15 is 0 Å². The third-order valence-electron chi connectivity index (χ3n) is 7.63. The third kappa shape index (κ3) is 4.58. The number of aromatic amines is 2. The number of pyridine rings is 2. The third-order valence-corrected chi connectivity index (χ3v) is 8.85. The molecule has 1 aliphatic carbocycles. The van der Waals surface area contributed by atoms with E-state index < -0.39 is 0 Å². The Bertz CT molecular complexity index is 1880. The van der Waals surface area contributed by atoms with Gasteiger partial charge in [0, 0.05) is 27.6 Å². The summed E-state index contributed by atoms with van der Waals surface area (Å²) in [4.78, 5) is 26.6. The summed E-state index contributed by atoms with van der Waals surface area (Å²) in [6.45, 7) is 3.69. The minimum absolute atomic E-state index is 0.0669. The van der Waals surface area contributed by atoms with E-state index in [0.29, 0.717) is 6.10 Å². The molecule has 6 aromatic rings. The number of aromatic nitrogens is 5. The molecular formula is C32H29N5O2S. The van der Waals surface area contributed by atoms with Gasteiger partial charge in [0.25, 0.3) is 0 Å². The molecule has 5 aromatic heterocycles. The number of carbonyl (C=O) groups is 1. The summed E-state index contributed by atoms with van der Waals surface area (Å²) in [5.74, 6) is 0.977. The Balaban J connectivity index is 1.26. The van der Waals surface area contributed by atoms with Crippen molar-refractivity contribution in [3.8, 4) is 38.8 Å². The summed E-state index contributed by atoms with van der Waals surface area (Å²) in [5.41, 5.74) is 8.21. The van der Waals surface area contributed by atoms with Crippen LogP contribution in [0.2, 0.25) is 0 Å². The zero-order chi connectivity index (χ0) is 27.2. The number of Topliss-reactive ketones (excluding diaryl/α,β-unsaturated/α-hetero) is 1. The maximum atomic E-state index is 11.9. The predicted octanol–water partition coefficient (Wildman–Crippen LogP) is 8.12. The minimum Gasteiger partial charge on any atom is -0.490 e. The van der Waals surface area contributed by atoms with Gasteiger partial charge in [-0.25, -0.2) is 4.98 Å². The number of rotatable bonds is 6. The van der Waals surface area contributed by atoms with Crippen LogP contribution in [0.4, 0.5) is 0 Å². The van der Waals surface area contributed by atoms with Crippen molar-refractivity contribution in [1.82, 2.24) is 25.1 Å². The van der Waals surface area contributed by atoms with Gasteiger partial charge < -0.3 is 9.72 Å². The number of benzene rings is 1. The highest BCUT2D eigenvalue weighted by atomic mass is 32.1. The average molecular weight is 548 g/mol. The van der Waals surface area contributed by atoms with Crippen LogP contribution >= 0.6 is 11.3 Å². The highest BCUT2D eigenvalue weighted by Crippen LogP contribution is 2.37. The second-order valence-electron chi connectivity index (χ2n) is 10.6. The highest BCUT2D eigenvalue weighted by molar-refractivity contribution is 7.17. The first kappa shape index (κ1) is 24.7. The molecule has 1 aliphatic rings. The Kier molecular flexibility index (Phi) is 6.20. The average Bonchev–Trinajstić information content (AvgIpc) is 3.71. The van der Waals surface area contributed by atoms with Crippen LogP contribution in [0.25, 0.3) is 55.0 Å². The van der Waals surface area contributed by atoms with Crippen LogP contribution in [0.3, 0.4) is 0 Å². The van der Waals surface area contributed by atoms with E-state index in [1.165, 1.54) is 30.6 Å². The molecule has 0 saturated heterocycles. The SMILES string of the molecule is CC(=O)c1ccc(-c2cncc3[nH]c(-c4n[nH]c5ccc(-c6cc(C)cc(OC7CCCCC7)c6)nc45)cc23)s1. The molecule has 8 heteroatoms. The topological polar surface area (TPSA) is 96.6 Å². The van der Waals surface area contributed by atoms with Gasteiger partial charge in [-0.05, 0) is 93.6 Å². The van der Waals surface area contributed by atoms with Crippen LogP contribution in [0, 0.1) is 6.92 Å². The Hall–Kier alpha value is -4.30. The molecule has 1 saturated carbocycles. The molecule has 0 aliphatic heterocycles. The normalized spacial score (nSPS) is 14.2.